The number of piperazine rings is 1. The fraction of sp³-hybridized carbons (Fsp3) is 1.00. The average molecular weight is 256 g/mol. The summed E-state index contributed by atoms with van der Waals surface area (Å²) in [6, 6.07) is 0.625. The Morgan fingerprint density at radius 2 is 2.00 bits per heavy atom. The summed E-state index contributed by atoms with van der Waals surface area (Å²) >= 11 is 0. The van der Waals surface area contributed by atoms with Crippen LogP contribution >= 0.6 is 0 Å². The van der Waals surface area contributed by atoms with Crippen molar-refractivity contribution in [1.82, 2.24) is 10.2 Å². The molecule has 1 atom stereocenters. The highest BCUT2D eigenvalue weighted by molar-refractivity contribution is 4.88. The molecule has 0 radical (unpaired) electrons. The standard InChI is InChI=1S/C15H32N2O/c1-13(2)6-10-18-11-9-17-8-7-16-12-14(17)15(3,4)5/h13-14,16H,6-12H2,1-5H3. The van der Waals surface area contributed by atoms with Gasteiger partial charge in [-0.05, 0) is 17.8 Å². The van der Waals surface area contributed by atoms with Crippen molar-refractivity contribution in [2.24, 2.45) is 11.3 Å². The molecule has 0 aromatic carbocycles. The predicted molar refractivity (Wildman–Crippen MR) is 78.0 cm³/mol. The highest BCUT2D eigenvalue weighted by Crippen LogP contribution is 2.25. The van der Waals surface area contributed by atoms with Gasteiger partial charge in [0, 0.05) is 38.8 Å². The van der Waals surface area contributed by atoms with Crippen molar-refractivity contribution in [3.8, 4) is 0 Å². The molecule has 18 heavy (non-hydrogen) atoms. The lowest BCUT2D eigenvalue weighted by Crippen LogP contribution is -2.57. The molecule has 1 saturated heterocycles. The highest BCUT2D eigenvalue weighted by Gasteiger charge is 2.31. The molecule has 1 N–H and O–H groups in total. The van der Waals surface area contributed by atoms with Gasteiger partial charge in [0.05, 0.1) is 6.61 Å². The van der Waals surface area contributed by atoms with Gasteiger partial charge in [-0.25, -0.2) is 0 Å². The fourth-order valence-electron chi connectivity index (χ4n) is 2.47. The summed E-state index contributed by atoms with van der Waals surface area (Å²) in [5.74, 6) is 0.742. The van der Waals surface area contributed by atoms with E-state index in [0.717, 1.165) is 45.3 Å². The summed E-state index contributed by atoms with van der Waals surface area (Å²) in [6.45, 7) is 17.7. The lowest BCUT2D eigenvalue weighted by Gasteiger charge is -2.43. The normalized spacial score (nSPS) is 22.7. The summed E-state index contributed by atoms with van der Waals surface area (Å²) < 4.78 is 5.75. The van der Waals surface area contributed by atoms with Gasteiger partial charge in [0.1, 0.15) is 0 Å². The van der Waals surface area contributed by atoms with E-state index in [1.54, 1.807) is 0 Å². The first-order valence-corrected chi connectivity index (χ1v) is 7.43. The van der Waals surface area contributed by atoms with E-state index in [4.69, 9.17) is 4.74 Å². The first kappa shape index (κ1) is 15.9. The van der Waals surface area contributed by atoms with Crippen LogP contribution in [0.25, 0.3) is 0 Å². The van der Waals surface area contributed by atoms with Crippen molar-refractivity contribution in [3.05, 3.63) is 0 Å². The third-order valence-corrected chi connectivity index (χ3v) is 3.72. The van der Waals surface area contributed by atoms with Gasteiger partial charge >= 0.3 is 0 Å². The molecule has 1 rings (SSSR count). The summed E-state index contributed by atoms with van der Waals surface area (Å²) in [6.07, 6.45) is 1.17. The van der Waals surface area contributed by atoms with E-state index in [1.807, 2.05) is 0 Å². The Labute approximate surface area is 113 Å². The molecule has 0 aliphatic carbocycles. The van der Waals surface area contributed by atoms with Crippen LogP contribution in [0.15, 0.2) is 0 Å². The molecular weight excluding hydrogens is 224 g/mol. The van der Waals surface area contributed by atoms with Crippen LogP contribution in [0.5, 0.6) is 0 Å². The van der Waals surface area contributed by atoms with Crippen LogP contribution in [0, 0.1) is 11.3 Å². The van der Waals surface area contributed by atoms with E-state index < -0.39 is 0 Å². The summed E-state index contributed by atoms with van der Waals surface area (Å²) in [5.41, 5.74) is 0.339. The first-order valence-electron chi connectivity index (χ1n) is 7.43. The molecule has 1 heterocycles. The Bertz CT molecular complexity index is 223. The quantitative estimate of drug-likeness (QED) is 0.738. The van der Waals surface area contributed by atoms with E-state index in [0.29, 0.717) is 11.5 Å². The molecule has 1 aliphatic heterocycles. The molecule has 3 heteroatoms. The van der Waals surface area contributed by atoms with Gasteiger partial charge in [-0.15, -0.1) is 0 Å². The number of hydrogen-bond acceptors (Lipinski definition) is 3. The largest absolute Gasteiger partial charge is 0.380 e. The van der Waals surface area contributed by atoms with E-state index in [9.17, 15) is 0 Å². The zero-order valence-corrected chi connectivity index (χ0v) is 13.0. The third-order valence-electron chi connectivity index (χ3n) is 3.72. The zero-order chi connectivity index (χ0) is 13.6. The minimum atomic E-state index is 0.339. The van der Waals surface area contributed by atoms with Crippen LogP contribution < -0.4 is 5.32 Å². The highest BCUT2D eigenvalue weighted by atomic mass is 16.5. The fourth-order valence-corrected chi connectivity index (χ4v) is 2.47. The SMILES string of the molecule is CC(C)CCOCCN1CCNCC1C(C)(C)C. The van der Waals surface area contributed by atoms with Crippen molar-refractivity contribution in [2.75, 3.05) is 39.4 Å². The van der Waals surface area contributed by atoms with Crippen LogP contribution in [-0.2, 0) is 4.74 Å². The molecule has 0 amide bonds. The van der Waals surface area contributed by atoms with Crippen molar-refractivity contribution >= 4 is 0 Å². The van der Waals surface area contributed by atoms with Crippen molar-refractivity contribution in [1.29, 1.82) is 0 Å². The molecule has 1 unspecified atom stereocenters. The van der Waals surface area contributed by atoms with Gasteiger partial charge in [0.25, 0.3) is 0 Å². The van der Waals surface area contributed by atoms with Crippen LogP contribution in [-0.4, -0.2) is 50.3 Å². The Morgan fingerprint density at radius 1 is 1.28 bits per heavy atom. The third kappa shape index (κ3) is 5.68. The van der Waals surface area contributed by atoms with Crippen LogP contribution in [0.4, 0.5) is 0 Å². The zero-order valence-electron chi connectivity index (χ0n) is 13.0. The van der Waals surface area contributed by atoms with Gasteiger partial charge in [-0.1, -0.05) is 34.6 Å². The van der Waals surface area contributed by atoms with Gasteiger partial charge in [0.15, 0.2) is 0 Å². The lowest BCUT2D eigenvalue weighted by molar-refractivity contribution is 0.0360. The van der Waals surface area contributed by atoms with Crippen molar-refractivity contribution in [3.63, 3.8) is 0 Å². The maximum Gasteiger partial charge on any atom is 0.0593 e. The molecule has 1 fully saturated rings. The van der Waals surface area contributed by atoms with Crippen LogP contribution in [0.2, 0.25) is 0 Å². The number of ether oxygens (including phenoxy) is 1. The molecule has 108 valence electrons. The summed E-state index contributed by atoms with van der Waals surface area (Å²) in [5, 5.41) is 3.51. The summed E-state index contributed by atoms with van der Waals surface area (Å²) in [7, 11) is 0. The number of nitrogens with one attached hydrogen (secondary N) is 1. The number of hydrogen-bond donors (Lipinski definition) is 1. The van der Waals surface area contributed by atoms with Crippen LogP contribution in [0.3, 0.4) is 0 Å². The lowest BCUT2D eigenvalue weighted by atomic mass is 9.84. The smallest absolute Gasteiger partial charge is 0.0593 e. The minimum Gasteiger partial charge on any atom is -0.380 e. The molecule has 0 saturated carbocycles. The van der Waals surface area contributed by atoms with Crippen LogP contribution in [0.1, 0.15) is 41.0 Å². The maximum absolute atomic E-state index is 5.75. The number of rotatable bonds is 6. The molecule has 0 aromatic heterocycles. The molecule has 3 nitrogen and oxygen atoms in total. The first-order chi connectivity index (χ1) is 8.41. The van der Waals surface area contributed by atoms with E-state index in [1.165, 1.54) is 6.42 Å². The maximum atomic E-state index is 5.75. The Morgan fingerprint density at radius 3 is 2.61 bits per heavy atom. The van der Waals surface area contributed by atoms with Crippen molar-refractivity contribution in [2.45, 2.75) is 47.1 Å². The van der Waals surface area contributed by atoms with Gasteiger partial charge in [-0.2, -0.15) is 0 Å². The predicted octanol–water partition coefficient (Wildman–Crippen LogP) is 2.37. The van der Waals surface area contributed by atoms with Gasteiger partial charge in [0.2, 0.25) is 0 Å². The number of nitrogens with zero attached hydrogens (tertiary/aromatic N) is 1. The summed E-state index contributed by atoms with van der Waals surface area (Å²) in [4.78, 5) is 2.59. The molecule has 0 aromatic rings. The molecule has 0 bridgehead atoms. The molecular formula is C15H32N2O. The van der Waals surface area contributed by atoms with E-state index >= 15 is 0 Å². The minimum absolute atomic E-state index is 0.339. The molecule has 0 spiro atoms. The monoisotopic (exact) mass is 256 g/mol. The van der Waals surface area contributed by atoms with Gasteiger partial charge < -0.3 is 10.1 Å². The second kappa shape index (κ2) is 7.46. The Balaban J connectivity index is 2.26. The van der Waals surface area contributed by atoms with E-state index in [2.05, 4.69) is 44.8 Å². The Kier molecular flexibility index (Phi) is 6.61. The second-order valence-electron chi connectivity index (χ2n) is 6.92. The van der Waals surface area contributed by atoms with Crippen molar-refractivity contribution < 1.29 is 4.74 Å². The van der Waals surface area contributed by atoms with Gasteiger partial charge in [-0.3, -0.25) is 4.90 Å². The topological polar surface area (TPSA) is 24.5 Å². The second-order valence-corrected chi connectivity index (χ2v) is 6.92. The molecule has 1 aliphatic rings. The van der Waals surface area contributed by atoms with E-state index in [-0.39, 0.29) is 0 Å². The average Bonchev–Trinajstić information content (AvgIpc) is 2.27. The Hall–Kier alpha value is -0.120.